The quantitative estimate of drug-likeness (QED) is 0.849. The number of nitrogens with one attached hydrogen (secondary N) is 1. The van der Waals surface area contributed by atoms with E-state index in [4.69, 9.17) is 0 Å². The number of carbonyl (C=O) groups is 2. The lowest BCUT2D eigenvalue weighted by atomic mass is 10.1. The summed E-state index contributed by atoms with van der Waals surface area (Å²) < 4.78 is 0. The SMILES string of the molecule is Cc1cccc(C(=O)N[C@H]2CCSC2=O)c1. The van der Waals surface area contributed by atoms with Crippen LogP contribution in [0.1, 0.15) is 22.3 Å². The fourth-order valence-electron chi connectivity index (χ4n) is 1.65. The van der Waals surface area contributed by atoms with Crippen molar-refractivity contribution in [3.63, 3.8) is 0 Å². The summed E-state index contributed by atoms with van der Waals surface area (Å²) in [5.74, 6) is 0.641. The second-order valence-corrected chi connectivity index (χ2v) is 4.95. The van der Waals surface area contributed by atoms with Gasteiger partial charge >= 0.3 is 0 Å². The van der Waals surface area contributed by atoms with Crippen molar-refractivity contribution >= 4 is 22.8 Å². The number of rotatable bonds is 2. The minimum absolute atomic E-state index is 0.0704. The lowest BCUT2D eigenvalue weighted by Crippen LogP contribution is -2.37. The number of hydrogen-bond donors (Lipinski definition) is 1. The molecule has 1 atom stereocenters. The molecule has 2 rings (SSSR count). The van der Waals surface area contributed by atoms with Gasteiger partial charge in [0, 0.05) is 11.3 Å². The third-order valence-electron chi connectivity index (χ3n) is 2.52. The first-order valence-electron chi connectivity index (χ1n) is 5.21. The van der Waals surface area contributed by atoms with E-state index >= 15 is 0 Å². The van der Waals surface area contributed by atoms with E-state index in [-0.39, 0.29) is 17.1 Å². The molecule has 1 aliphatic heterocycles. The molecule has 0 bridgehead atoms. The summed E-state index contributed by atoms with van der Waals surface area (Å²) in [6.45, 7) is 1.94. The minimum atomic E-state index is -0.307. The van der Waals surface area contributed by atoms with Crippen LogP contribution in [0.3, 0.4) is 0 Å². The highest BCUT2D eigenvalue weighted by atomic mass is 32.2. The highest BCUT2D eigenvalue weighted by Gasteiger charge is 2.26. The molecule has 1 heterocycles. The van der Waals surface area contributed by atoms with E-state index in [0.717, 1.165) is 17.7 Å². The Morgan fingerprint density at radius 3 is 2.94 bits per heavy atom. The van der Waals surface area contributed by atoms with Gasteiger partial charge < -0.3 is 5.32 Å². The van der Waals surface area contributed by atoms with E-state index in [9.17, 15) is 9.59 Å². The van der Waals surface area contributed by atoms with Crippen LogP contribution in [-0.4, -0.2) is 22.8 Å². The molecule has 0 aliphatic carbocycles. The number of hydrogen-bond acceptors (Lipinski definition) is 3. The van der Waals surface area contributed by atoms with Crippen LogP contribution in [0.4, 0.5) is 0 Å². The van der Waals surface area contributed by atoms with Crippen molar-refractivity contribution in [1.29, 1.82) is 0 Å². The molecule has 0 aromatic heterocycles. The van der Waals surface area contributed by atoms with Crippen molar-refractivity contribution in [1.82, 2.24) is 5.32 Å². The average Bonchev–Trinajstić information content (AvgIpc) is 2.64. The molecule has 0 saturated carbocycles. The monoisotopic (exact) mass is 235 g/mol. The summed E-state index contributed by atoms with van der Waals surface area (Å²) in [6, 6.07) is 7.05. The van der Waals surface area contributed by atoms with E-state index in [1.165, 1.54) is 11.8 Å². The zero-order chi connectivity index (χ0) is 11.5. The maximum absolute atomic E-state index is 11.8. The van der Waals surface area contributed by atoms with Gasteiger partial charge in [-0.05, 0) is 25.5 Å². The van der Waals surface area contributed by atoms with Gasteiger partial charge in [0.1, 0.15) is 0 Å². The molecule has 0 radical (unpaired) electrons. The van der Waals surface area contributed by atoms with Crippen molar-refractivity contribution in [2.75, 3.05) is 5.75 Å². The van der Waals surface area contributed by atoms with Gasteiger partial charge in [0.25, 0.3) is 5.91 Å². The van der Waals surface area contributed by atoms with Gasteiger partial charge in [0.05, 0.1) is 6.04 Å². The minimum Gasteiger partial charge on any atom is -0.341 e. The molecule has 1 amide bonds. The van der Waals surface area contributed by atoms with Crippen LogP contribution in [-0.2, 0) is 4.79 Å². The van der Waals surface area contributed by atoms with Gasteiger partial charge in [-0.1, -0.05) is 29.5 Å². The molecule has 1 aromatic rings. The third-order valence-corrected chi connectivity index (χ3v) is 3.53. The molecule has 4 heteroatoms. The highest BCUT2D eigenvalue weighted by Crippen LogP contribution is 2.19. The Morgan fingerprint density at radius 2 is 2.31 bits per heavy atom. The Hall–Kier alpha value is -1.29. The normalized spacial score (nSPS) is 19.8. The molecule has 1 aliphatic rings. The molecule has 3 nitrogen and oxygen atoms in total. The van der Waals surface area contributed by atoms with Crippen molar-refractivity contribution in [2.24, 2.45) is 0 Å². The fourth-order valence-corrected chi connectivity index (χ4v) is 2.59. The van der Waals surface area contributed by atoms with Crippen molar-refractivity contribution < 1.29 is 9.59 Å². The number of carbonyl (C=O) groups excluding carboxylic acids is 2. The summed E-state index contributed by atoms with van der Waals surface area (Å²) in [7, 11) is 0. The first-order valence-corrected chi connectivity index (χ1v) is 6.19. The summed E-state index contributed by atoms with van der Waals surface area (Å²) in [6.07, 6.45) is 0.737. The molecular weight excluding hydrogens is 222 g/mol. The molecule has 16 heavy (non-hydrogen) atoms. The summed E-state index contributed by atoms with van der Waals surface area (Å²) in [4.78, 5) is 23.2. The van der Waals surface area contributed by atoms with Crippen LogP contribution >= 0.6 is 11.8 Å². The summed E-state index contributed by atoms with van der Waals surface area (Å²) in [5.41, 5.74) is 1.66. The second kappa shape index (κ2) is 4.70. The Bertz CT molecular complexity index is 431. The summed E-state index contributed by atoms with van der Waals surface area (Å²) in [5, 5.41) is 2.83. The number of benzene rings is 1. The molecule has 1 saturated heterocycles. The lowest BCUT2D eigenvalue weighted by Gasteiger charge is -2.10. The predicted octanol–water partition coefficient (Wildman–Crippen LogP) is 1.76. The Morgan fingerprint density at radius 1 is 1.50 bits per heavy atom. The highest BCUT2D eigenvalue weighted by molar-refractivity contribution is 8.14. The van der Waals surface area contributed by atoms with Crippen molar-refractivity contribution in [2.45, 2.75) is 19.4 Å². The van der Waals surface area contributed by atoms with E-state index in [1.54, 1.807) is 6.07 Å². The smallest absolute Gasteiger partial charge is 0.251 e. The number of aryl methyl sites for hydroxylation is 1. The molecule has 1 aromatic carbocycles. The van der Waals surface area contributed by atoms with E-state index in [0.29, 0.717) is 5.56 Å². The molecule has 0 spiro atoms. The zero-order valence-corrected chi connectivity index (χ0v) is 9.84. The van der Waals surface area contributed by atoms with Crippen LogP contribution in [0.25, 0.3) is 0 Å². The van der Waals surface area contributed by atoms with Gasteiger partial charge in [-0.15, -0.1) is 0 Å². The van der Waals surface area contributed by atoms with Crippen LogP contribution in [0.15, 0.2) is 24.3 Å². The van der Waals surface area contributed by atoms with Crippen molar-refractivity contribution in [3.8, 4) is 0 Å². The molecular formula is C12H13NO2S. The molecule has 0 unspecified atom stereocenters. The number of thioether (sulfide) groups is 1. The van der Waals surface area contributed by atoms with Gasteiger partial charge in [-0.25, -0.2) is 0 Å². The zero-order valence-electron chi connectivity index (χ0n) is 9.03. The fraction of sp³-hybridized carbons (Fsp3) is 0.333. The van der Waals surface area contributed by atoms with Crippen molar-refractivity contribution in [3.05, 3.63) is 35.4 Å². The maximum atomic E-state index is 11.8. The first kappa shape index (κ1) is 11.2. The molecule has 1 fully saturated rings. The van der Waals surface area contributed by atoms with Gasteiger partial charge in [0.15, 0.2) is 0 Å². The molecule has 84 valence electrons. The predicted molar refractivity (Wildman–Crippen MR) is 64.5 cm³/mol. The topological polar surface area (TPSA) is 46.2 Å². The maximum Gasteiger partial charge on any atom is 0.251 e. The lowest BCUT2D eigenvalue weighted by molar-refractivity contribution is -0.112. The first-order chi connectivity index (χ1) is 7.66. The Balaban J connectivity index is 2.05. The summed E-state index contributed by atoms with van der Waals surface area (Å²) >= 11 is 1.29. The van der Waals surface area contributed by atoms with Crippen LogP contribution in [0.2, 0.25) is 0 Å². The van der Waals surface area contributed by atoms with E-state index < -0.39 is 0 Å². The molecule has 1 N–H and O–H groups in total. The van der Waals surface area contributed by atoms with E-state index in [2.05, 4.69) is 5.32 Å². The van der Waals surface area contributed by atoms with E-state index in [1.807, 2.05) is 25.1 Å². The second-order valence-electron chi connectivity index (χ2n) is 3.85. The third kappa shape index (κ3) is 2.44. The van der Waals surface area contributed by atoms with Gasteiger partial charge in [-0.2, -0.15) is 0 Å². The standard InChI is InChI=1S/C12H13NO2S/c1-8-3-2-4-9(7-8)11(14)13-10-5-6-16-12(10)15/h2-4,7,10H,5-6H2,1H3,(H,13,14)/t10-/m0/s1. The Kier molecular flexibility index (Phi) is 3.29. The van der Waals surface area contributed by atoms with Crippen LogP contribution in [0.5, 0.6) is 0 Å². The number of amides is 1. The van der Waals surface area contributed by atoms with Gasteiger partial charge in [-0.3, -0.25) is 9.59 Å². The Labute approximate surface area is 98.6 Å². The average molecular weight is 235 g/mol. The van der Waals surface area contributed by atoms with Crippen LogP contribution < -0.4 is 5.32 Å². The van der Waals surface area contributed by atoms with Gasteiger partial charge in [0.2, 0.25) is 5.12 Å². The largest absolute Gasteiger partial charge is 0.341 e. The van der Waals surface area contributed by atoms with Crippen LogP contribution in [0, 0.1) is 6.92 Å².